The average molecular weight is 1110 g/mol. The molecule has 15 heteroatoms. The van der Waals surface area contributed by atoms with Gasteiger partial charge < -0.3 is 29.5 Å². The smallest absolute Gasteiger partial charge is 0.462 e. The van der Waals surface area contributed by atoms with Crippen LogP contribution in [0.2, 0.25) is 0 Å². The molecule has 3 N–H and O–H groups in total. The Bertz CT molecular complexity index is 1630. The van der Waals surface area contributed by atoms with Crippen LogP contribution in [0.3, 0.4) is 0 Å². The first kappa shape index (κ1) is 74.4. The van der Waals surface area contributed by atoms with Crippen molar-refractivity contribution < 1.29 is 57.0 Å². The number of hydrogen-bond acceptors (Lipinski definition) is 12. The van der Waals surface area contributed by atoms with Gasteiger partial charge in [0, 0.05) is 38.8 Å². The normalized spacial score (nSPS) is 14.8. The summed E-state index contributed by atoms with van der Waals surface area (Å²) in [5.74, 6) is -1.89. The van der Waals surface area contributed by atoms with Crippen LogP contribution in [0.25, 0.3) is 0 Å². The maximum atomic E-state index is 13.6. The zero-order valence-corrected chi connectivity index (χ0v) is 51.9. The van der Waals surface area contributed by atoms with Crippen LogP contribution >= 0.6 is 7.82 Å². The highest BCUT2D eigenvalue weighted by atomic mass is 31.2. The lowest BCUT2D eigenvalue weighted by atomic mass is 9.57. The largest absolute Gasteiger partial charge is 0.472 e. The van der Waals surface area contributed by atoms with Crippen LogP contribution in [0.1, 0.15) is 300 Å². The number of phosphoric acid groups is 1. The van der Waals surface area contributed by atoms with Gasteiger partial charge in [-0.25, -0.2) is 4.57 Å². The highest BCUT2D eigenvalue weighted by Crippen LogP contribution is 2.52. The molecule has 0 fully saturated rings. The predicted octanol–water partition coefficient (Wildman–Crippen LogP) is 16.3. The molecular formula is C62H117N2O12P. The Morgan fingerprint density at radius 1 is 0.584 bits per heavy atom. The molecule has 0 aliphatic heterocycles. The van der Waals surface area contributed by atoms with E-state index >= 15 is 0 Å². The van der Waals surface area contributed by atoms with Crippen molar-refractivity contribution in [1.29, 1.82) is 5.26 Å². The van der Waals surface area contributed by atoms with Gasteiger partial charge in [0.25, 0.3) is 0 Å². The van der Waals surface area contributed by atoms with Gasteiger partial charge >= 0.3 is 25.7 Å². The Hall–Kier alpha value is -2.56. The van der Waals surface area contributed by atoms with E-state index in [0.29, 0.717) is 19.3 Å². The summed E-state index contributed by atoms with van der Waals surface area (Å²) in [6.07, 6.45) is 36.3. The number of nitriles is 1. The van der Waals surface area contributed by atoms with Crippen LogP contribution < -0.4 is 5.32 Å². The quantitative estimate of drug-likeness (QED) is 0.0224. The molecular weight excluding hydrogens is 996 g/mol. The Morgan fingerprint density at radius 2 is 1.00 bits per heavy atom. The summed E-state index contributed by atoms with van der Waals surface area (Å²) < 4.78 is 40.4. The van der Waals surface area contributed by atoms with Gasteiger partial charge in [0.05, 0.1) is 30.1 Å². The van der Waals surface area contributed by atoms with Crippen molar-refractivity contribution >= 4 is 31.6 Å². The number of hydrogen-bond donors (Lipinski definition) is 3. The van der Waals surface area contributed by atoms with Crippen LogP contribution in [-0.4, -0.2) is 78.5 Å². The minimum Gasteiger partial charge on any atom is -0.462 e. The molecule has 0 aromatic heterocycles. The van der Waals surface area contributed by atoms with Crippen LogP contribution in [0.4, 0.5) is 0 Å². The van der Waals surface area contributed by atoms with Crippen molar-refractivity contribution in [3.8, 4) is 6.07 Å². The van der Waals surface area contributed by atoms with Crippen molar-refractivity contribution in [3.63, 3.8) is 0 Å². The fraction of sp³-hybridized carbons (Fsp3) is 0.919. The monoisotopic (exact) mass is 1110 g/mol. The lowest BCUT2D eigenvalue weighted by Gasteiger charge is -2.46. The first-order valence-corrected chi connectivity index (χ1v) is 32.5. The van der Waals surface area contributed by atoms with Gasteiger partial charge in [-0.3, -0.25) is 28.2 Å². The maximum Gasteiger partial charge on any atom is 0.472 e. The Morgan fingerprint density at radius 3 is 1.40 bits per heavy atom. The van der Waals surface area contributed by atoms with Crippen LogP contribution in [0.5, 0.6) is 0 Å². The number of nitrogens with one attached hydrogen (secondary N) is 1. The standard InChI is InChI=1S/C62H117N2O12P/c1-11-13-15-17-19-21-23-25-27-29-31-33-35-37-39-41-56(67)72-49-54(75-57(68)42-40-38-36-34-32-30-28-26-24-22-20-18-16-14-12-2)50-74-77(70,71)73-48-46-64-55(66)43-44-61(9,52-63)59(5,6)51-62(10,53(3)4)58(69)76-60(7,8)45-47-65/h53-54,65H,11-51H2,1-10H3,(H,64,66)(H,70,71)/t54-,61?,62?/m1/s1. The van der Waals surface area contributed by atoms with Gasteiger partial charge in [0.2, 0.25) is 5.91 Å². The van der Waals surface area contributed by atoms with Gasteiger partial charge in [-0.05, 0) is 64.7 Å². The summed E-state index contributed by atoms with van der Waals surface area (Å²) in [5.41, 5.74) is -3.60. The number of unbranched alkanes of at least 4 members (excludes halogenated alkanes) is 28. The SMILES string of the molecule is CCCCCCCCCCCCCCCCCC(=O)OC[C@H](COP(=O)(O)OCCNC(=O)CCC(C)(C#N)C(C)(C)CC(C)(C(=O)OC(C)(C)CCO)C(C)C)OC(=O)CCCCCCCCCCCCCCCCC. The summed E-state index contributed by atoms with van der Waals surface area (Å²) in [6, 6.07) is 2.40. The van der Waals surface area contributed by atoms with E-state index < -0.39 is 66.2 Å². The molecule has 0 spiro atoms. The van der Waals surface area contributed by atoms with E-state index in [2.05, 4.69) is 25.2 Å². The maximum absolute atomic E-state index is 13.6. The number of nitrogens with zero attached hydrogens (tertiary/aromatic N) is 1. The van der Waals surface area contributed by atoms with E-state index in [1.165, 1.54) is 141 Å². The van der Waals surface area contributed by atoms with E-state index in [9.17, 15) is 39.0 Å². The summed E-state index contributed by atoms with van der Waals surface area (Å²) in [6.45, 7) is 17.8. The molecule has 0 bridgehead atoms. The lowest BCUT2D eigenvalue weighted by Crippen LogP contribution is -2.47. The molecule has 14 nitrogen and oxygen atoms in total. The highest BCUT2D eigenvalue weighted by Gasteiger charge is 2.50. The van der Waals surface area contributed by atoms with E-state index in [1.54, 1.807) is 20.8 Å². The molecule has 0 saturated carbocycles. The zero-order chi connectivity index (χ0) is 57.9. The molecule has 0 radical (unpaired) electrons. The molecule has 0 aliphatic rings. The molecule has 0 aromatic rings. The summed E-state index contributed by atoms with van der Waals surface area (Å²) in [4.78, 5) is 62.9. The molecule has 0 rings (SSSR count). The average Bonchev–Trinajstić information content (AvgIpc) is 3.37. The van der Waals surface area contributed by atoms with Gasteiger partial charge in [-0.15, -0.1) is 0 Å². The number of rotatable bonds is 53. The van der Waals surface area contributed by atoms with Crippen LogP contribution in [0.15, 0.2) is 0 Å². The molecule has 0 aromatic carbocycles. The third kappa shape index (κ3) is 37.9. The van der Waals surface area contributed by atoms with Crippen LogP contribution in [-0.2, 0) is 47.0 Å². The second-order valence-electron chi connectivity index (χ2n) is 24.3. The number of aliphatic hydroxyl groups is 1. The second kappa shape index (κ2) is 44.1. The Kier molecular flexibility index (Phi) is 42.7. The summed E-state index contributed by atoms with van der Waals surface area (Å²) in [5, 5.41) is 22.6. The lowest BCUT2D eigenvalue weighted by molar-refractivity contribution is -0.176. The molecule has 1 amide bonds. The highest BCUT2D eigenvalue weighted by molar-refractivity contribution is 7.47. The van der Waals surface area contributed by atoms with Gasteiger partial charge in [-0.2, -0.15) is 5.26 Å². The third-order valence-electron chi connectivity index (χ3n) is 16.0. The van der Waals surface area contributed by atoms with E-state index in [-0.39, 0.29) is 64.4 Å². The zero-order valence-electron chi connectivity index (χ0n) is 51.0. The predicted molar refractivity (Wildman–Crippen MR) is 311 cm³/mol. The number of carbonyl (C=O) groups is 4. The molecule has 0 saturated heterocycles. The van der Waals surface area contributed by atoms with Gasteiger partial charge in [-0.1, -0.05) is 221 Å². The Balaban J connectivity index is 5.11. The number of amides is 1. The van der Waals surface area contributed by atoms with Crippen molar-refractivity contribution in [2.24, 2.45) is 22.2 Å². The number of ether oxygens (including phenoxy) is 3. The minimum absolute atomic E-state index is 0.0300. The topological polar surface area (TPSA) is 208 Å². The molecule has 452 valence electrons. The second-order valence-corrected chi connectivity index (χ2v) is 25.8. The molecule has 0 aliphatic carbocycles. The number of phosphoric ester groups is 1. The van der Waals surface area contributed by atoms with E-state index in [0.717, 1.165) is 38.5 Å². The minimum atomic E-state index is -4.70. The number of esters is 3. The van der Waals surface area contributed by atoms with Crippen molar-refractivity contribution in [2.45, 2.75) is 312 Å². The van der Waals surface area contributed by atoms with Gasteiger partial charge in [0.15, 0.2) is 6.10 Å². The van der Waals surface area contributed by atoms with Crippen LogP contribution in [0, 0.1) is 33.5 Å². The first-order chi connectivity index (χ1) is 36.5. The Labute approximate surface area is 470 Å². The molecule has 0 heterocycles. The summed E-state index contributed by atoms with van der Waals surface area (Å²) >= 11 is 0. The van der Waals surface area contributed by atoms with Gasteiger partial charge in [0.1, 0.15) is 12.2 Å². The van der Waals surface area contributed by atoms with E-state index in [1.807, 2.05) is 34.6 Å². The fourth-order valence-electron chi connectivity index (χ4n) is 9.78. The van der Waals surface area contributed by atoms with Crippen molar-refractivity contribution in [1.82, 2.24) is 5.32 Å². The fourth-order valence-corrected chi connectivity index (χ4v) is 10.5. The van der Waals surface area contributed by atoms with Crippen molar-refractivity contribution in [3.05, 3.63) is 0 Å². The van der Waals surface area contributed by atoms with Crippen molar-refractivity contribution in [2.75, 3.05) is 33.0 Å². The van der Waals surface area contributed by atoms with E-state index in [4.69, 9.17) is 23.3 Å². The number of carbonyl (C=O) groups excluding carboxylic acids is 4. The first-order valence-electron chi connectivity index (χ1n) is 31.0. The molecule has 77 heavy (non-hydrogen) atoms. The summed E-state index contributed by atoms with van der Waals surface area (Å²) in [7, 11) is -4.70. The number of aliphatic hydroxyl groups excluding tert-OH is 1. The molecule has 4 atom stereocenters. The molecule has 3 unspecified atom stereocenters. The third-order valence-corrected chi connectivity index (χ3v) is 17.0.